The number of hydrogen-bond donors (Lipinski definition) is 1. The molecule has 2 aromatic carbocycles. The van der Waals surface area contributed by atoms with Gasteiger partial charge in [0.15, 0.2) is 0 Å². The summed E-state index contributed by atoms with van der Waals surface area (Å²) in [4.78, 5) is 50.9. The summed E-state index contributed by atoms with van der Waals surface area (Å²) in [5.74, 6) is -1.12. The number of amides is 2. The van der Waals surface area contributed by atoms with Gasteiger partial charge in [0.05, 0.1) is 39.1 Å². The molecule has 0 aromatic heterocycles. The number of esters is 1. The number of ether oxygens (including phenoxy) is 1. The van der Waals surface area contributed by atoms with Crippen LogP contribution in [0.1, 0.15) is 34.6 Å². The Morgan fingerprint density at radius 2 is 1.82 bits per heavy atom. The third-order valence-corrected chi connectivity index (χ3v) is 5.54. The van der Waals surface area contributed by atoms with Crippen LogP contribution in [-0.2, 0) is 9.53 Å². The Labute approximate surface area is 195 Å². The summed E-state index contributed by atoms with van der Waals surface area (Å²) in [7, 11) is 0. The normalized spacial score (nSPS) is 13.4. The first-order valence-corrected chi connectivity index (χ1v) is 10.7. The Hall–Kier alpha value is -3.66. The highest BCUT2D eigenvalue weighted by molar-refractivity contribution is 6.34. The minimum atomic E-state index is -0.602. The van der Waals surface area contributed by atoms with E-state index in [1.807, 2.05) is 4.90 Å². The molecule has 174 valence electrons. The average Bonchev–Trinajstić information content (AvgIpc) is 2.79. The summed E-state index contributed by atoms with van der Waals surface area (Å²) in [5.41, 5.74) is 1.10. The first-order chi connectivity index (χ1) is 15.7. The zero-order chi connectivity index (χ0) is 24.1. The quantitative estimate of drug-likeness (QED) is 0.387. The highest BCUT2D eigenvalue weighted by Crippen LogP contribution is 2.30. The SMILES string of the molecule is CCOC(=O)c1ccc(N2CCN(C(C)=O)CC2)c(NC(=O)c2ccc([N+](=O)[O-])cc2Cl)c1. The molecule has 1 fully saturated rings. The molecule has 11 heteroatoms. The Kier molecular flexibility index (Phi) is 7.49. The highest BCUT2D eigenvalue weighted by atomic mass is 35.5. The van der Waals surface area contributed by atoms with E-state index >= 15 is 0 Å². The molecular formula is C22H23ClN4O6. The molecule has 1 heterocycles. The van der Waals surface area contributed by atoms with Crippen LogP contribution in [0.2, 0.25) is 5.02 Å². The van der Waals surface area contributed by atoms with Crippen LogP contribution >= 0.6 is 11.6 Å². The van der Waals surface area contributed by atoms with Crippen LogP contribution in [0.15, 0.2) is 36.4 Å². The van der Waals surface area contributed by atoms with Crippen LogP contribution in [0.25, 0.3) is 0 Å². The van der Waals surface area contributed by atoms with E-state index in [9.17, 15) is 24.5 Å². The van der Waals surface area contributed by atoms with E-state index in [1.165, 1.54) is 25.1 Å². The largest absolute Gasteiger partial charge is 0.462 e. The molecule has 2 aromatic rings. The van der Waals surface area contributed by atoms with Crippen LogP contribution in [0.5, 0.6) is 0 Å². The van der Waals surface area contributed by atoms with Crippen molar-refractivity contribution >= 4 is 46.4 Å². The Balaban J connectivity index is 1.91. The molecule has 0 radical (unpaired) electrons. The monoisotopic (exact) mass is 474 g/mol. The van der Waals surface area contributed by atoms with Crippen LogP contribution < -0.4 is 10.2 Å². The molecule has 0 aliphatic carbocycles. The minimum absolute atomic E-state index is 0.00588. The van der Waals surface area contributed by atoms with Gasteiger partial charge in [-0.05, 0) is 31.2 Å². The minimum Gasteiger partial charge on any atom is -0.462 e. The van der Waals surface area contributed by atoms with Crippen molar-refractivity contribution < 1.29 is 24.0 Å². The van der Waals surface area contributed by atoms with E-state index in [0.29, 0.717) is 37.6 Å². The van der Waals surface area contributed by atoms with Crippen molar-refractivity contribution in [2.24, 2.45) is 0 Å². The van der Waals surface area contributed by atoms with E-state index in [0.717, 1.165) is 6.07 Å². The predicted molar refractivity (Wildman–Crippen MR) is 123 cm³/mol. The number of halogens is 1. The van der Waals surface area contributed by atoms with Crippen LogP contribution in [0, 0.1) is 10.1 Å². The molecular weight excluding hydrogens is 452 g/mol. The topological polar surface area (TPSA) is 122 Å². The van der Waals surface area contributed by atoms with Gasteiger partial charge in [0.1, 0.15) is 0 Å². The maximum absolute atomic E-state index is 12.9. The lowest BCUT2D eigenvalue weighted by Gasteiger charge is -2.36. The molecule has 33 heavy (non-hydrogen) atoms. The van der Waals surface area contributed by atoms with Crippen molar-refractivity contribution in [1.29, 1.82) is 0 Å². The van der Waals surface area contributed by atoms with Gasteiger partial charge in [-0.25, -0.2) is 4.79 Å². The zero-order valence-corrected chi connectivity index (χ0v) is 18.9. The van der Waals surface area contributed by atoms with Gasteiger partial charge in [0, 0.05) is 45.2 Å². The molecule has 1 aliphatic heterocycles. The van der Waals surface area contributed by atoms with Crippen molar-refractivity contribution in [1.82, 2.24) is 4.90 Å². The second kappa shape index (κ2) is 10.3. The van der Waals surface area contributed by atoms with Crippen molar-refractivity contribution in [3.05, 3.63) is 62.7 Å². The summed E-state index contributed by atoms with van der Waals surface area (Å²) >= 11 is 6.10. The third-order valence-electron chi connectivity index (χ3n) is 5.23. The van der Waals surface area contributed by atoms with Gasteiger partial charge in [0.25, 0.3) is 11.6 Å². The first kappa shape index (κ1) is 24.0. The number of carbonyl (C=O) groups excluding carboxylic acids is 3. The summed E-state index contributed by atoms with van der Waals surface area (Å²) in [5, 5.41) is 13.6. The number of rotatable bonds is 6. The average molecular weight is 475 g/mol. The summed E-state index contributed by atoms with van der Waals surface area (Å²) in [6, 6.07) is 8.41. The van der Waals surface area contributed by atoms with E-state index in [1.54, 1.807) is 24.0 Å². The van der Waals surface area contributed by atoms with Gasteiger partial charge < -0.3 is 19.9 Å². The second-order valence-electron chi connectivity index (χ2n) is 7.32. The fraction of sp³-hybridized carbons (Fsp3) is 0.318. The standard InChI is InChI=1S/C22H23ClN4O6/c1-3-33-22(30)15-4-7-20(26-10-8-25(9-11-26)14(2)28)19(12-15)24-21(29)17-6-5-16(27(31)32)13-18(17)23/h4-7,12-13H,3,8-11H2,1-2H3,(H,24,29). The van der Waals surface area contributed by atoms with Gasteiger partial charge in [-0.3, -0.25) is 19.7 Å². The van der Waals surface area contributed by atoms with E-state index < -0.39 is 16.8 Å². The van der Waals surface area contributed by atoms with E-state index in [4.69, 9.17) is 16.3 Å². The first-order valence-electron chi connectivity index (χ1n) is 10.3. The van der Waals surface area contributed by atoms with Gasteiger partial charge in [-0.15, -0.1) is 0 Å². The van der Waals surface area contributed by atoms with Crippen molar-refractivity contribution in [3.63, 3.8) is 0 Å². The van der Waals surface area contributed by atoms with Gasteiger partial charge >= 0.3 is 5.97 Å². The van der Waals surface area contributed by atoms with Crippen molar-refractivity contribution in [3.8, 4) is 0 Å². The van der Waals surface area contributed by atoms with Crippen LogP contribution in [0.3, 0.4) is 0 Å². The predicted octanol–water partition coefficient (Wildman–Crippen LogP) is 3.35. The van der Waals surface area contributed by atoms with E-state index in [2.05, 4.69) is 5.32 Å². The Morgan fingerprint density at radius 3 is 2.39 bits per heavy atom. The molecule has 1 aliphatic rings. The smallest absolute Gasteiger partial charge is 0.338 e. The number of nitro benzene ring substituents is 1. The molecule has 0 unspecified atom stereocenters. The summed E-state index contributed by atoms with van der Waals surface area (Å²) < 4.78 is 5.06. The number of nitrogens with zero attached hydrogens (tertiary/aromatic N) is 3. The molecule has 3 rings (SSSR count). The second-order valence-corrected chi connectivity index (χ2v) is 7.73. The lowest BCUT2D eigenvalue weighted by Crippen LogP contribution is -2.48. The highest BCUT2D eigenvalue weighted by Gasteiger charge is 2.23. The number of piperazine rings is 1. The lowest BCUT2D eigenvalue weighted by atomic mass is 10.1. The number of hydrogen-bond acceptors (Lipinski definition) is 7. The van der Waals surface area contributed by atoms with E-state index in [-0.39, 0.29) is 34.4 Å². The van der Waals surface area contributed by atoms with Crippen molar-refractivity contribution in [2.75, 3.05) is 43.0 Å². The van der Waals surface area contributed by atoms with Gasteiger partial charge in [-0.1, -0.05) is 11.6 Å². The fourth-order valence-corrected chi connectivity index (χ4v) is 3.77. The molecule has 0 saturated carbocycles. The molecule has 0 bridgehead atoms. The molecule has 10 nitrogen and oxygen atoms in total. The number of nitrogens with one attached hydrogen (secondary N) is 1. The van der Waals surface area contributed by atoms with Gasteiger partial charge in [0.2, 0.25) is 5.91 Å². The zero-order valence-electron chi connectivity index (χ0n) is 18.2. The molecule has 2 amide bonds. The number of non-ortho nitro benzene ring substituents is 1. The Bertz CT molecular complexity index is 1100. The number of benzene rings is 2. The maximum Gasteiger partial charge on any atom is 0.338 e. The number of anilines is 2. The Morgan fingerprint density at radius 1 is 1.12 bits per heavy atom. The van der Waals surface area contributed by atoms with Crippen LogP contribution in [-0.4, -0.2) is 60.4 Å². The van der Waals surface area contributed by atoms with Crippen LogP contribution in [0.4, 0.5) is 17.1 Å². The molecule has 1 saturated heterocycles. The lowest BCUT2D eigenvalue weighted by molar-refractivity contribution is -0.384. The summed E-state index contributed by atoms with van der Waals surface area (Å²) in [6.07, 6.45) is 0. The molecule has 1 N–H and O–H groups in total. The van der Waals surface area contributed by atoms with Gasteiger partial charge in [-0.2, -0.15) is 0 Å². The molecule has 0 atom stereocenters. The maximum atomic E-state index is 12.9. The molecule has 0 spiro atoms. The fourth-order valence-electron chi connectivity index (χ4n) is 3.51. The summed E-state index contributed by atoms with van der Waals surface area (Å²) in [6.45, 7) is 5.54. The number of nitro groups is 1. The van der Waals surface area contributed by atoms with Crippen molar-refractivity contribution in [2.45, 2.75) is 13.8 Å². The third kappa shape index (κ3) is 5.58. The number of carbonyl (C=O) groups is 3.